The molecule has 5 atom stereocenters. The lowest BCUT2D eigenvalue weighted by atomic mass is 9.73. The molecule has 1 N–H and O–H groups in total. The fraction of sp³-hybridized carbons (Fsp3) is 0.312. The van der Waals surface area contributed by atoms with Crippen LogP contribution in [0.1, 0.15) is 45.8 Å². The predicted octanol–water partition coefficient (Wildman–Crippen LogP) is 5.03. The Morgan fingerprint density at radius 3 is 2.33 bits per heavy atom. The number of hydrogen-bond donors (Lipinski definition) is 1. The maximum absolute atomic E-state index is 13.5. The lowest BCUT2D eigenvalue weighted by molar-refractivity contribution is -0.123. The van der Waals surface area contributed by atoms with Gasteiger partial charge in [0.05, 0.1) is 23.1 Å². The molecule has 1 aliphatic heterocycles. The van der Waals surface area contributed by atoms with Gasteiger partial charge in [-0.2, -0.15) is 0 Å². The lowest BCUT2D eigenvalue weighted by Crippen LogP contribution is -2.33. The highest BCUT2D eigenvalue weighted by molar-refractivity contribution is 6.22. The number of amides is 3. The minimum atomic E-state index is -0.656. The minimum Gasteiger partial charge on any atom is -0.452 e. The molecule has 2 aliphatic carbocycles. The Balaban J connectivity index is 1.10. The number of hydrogen-bond acceptors (Lipinski definition) is 5. The number of anilines is 2. The Hall–Kier alpha value is -4.26. The smallest absolute Gasteiger partial charge is 0.338 e. The molecule has 0 unspecified atom stereocenters. The van der Waals surface area contributed by atoms with Gasteiger partial charge in [-0.15, -0.1) is 0 Å². The van der Waals surface area contributed by atoms with E-state index in [-0.39, 0.29) is 41.0 Å². The Morgan fingerprint density at radius 2 is 1.62 bits per heavy atom. The van der Waals surface area contributed by atoms with E-state index in [0.29, 0.717) is 17.3 Å². The van der Waals surface area contributed by atoms with Crippen LogP contribution in [-0.2, 0) is 19.1 Å². The maximum Gasteiger partial charge on any atom is 0.338 e. The van der Waals surface area contributed by atoms with E-state index in [2.05, 4.69) is 17.4 Å². The van der Waals surface area contributed by atoms with Crippen molar-refractivity contribution >= 4 is 35.1 Å². The number of nitrogens with zero attached hydrogens (tertiary/aromatic N) is 1. The van der Waals surface area contributed by atoms with Crippen LogP contribution in [0.3, 0.4) is 0 Å². The van der Waals surface area contributed by atoms with E-state index in [0.717, 1.165) is 24.0 Å². The average Bonchev–Trinajstić information content (AvgIpc) is 3.61. The van der Waals surface area contributed by atoms with Crippen molar-refractivity contribution in [1.29, 1.82) is 0 Å². The number of imide groups is 1. The van der Waals surface area contributed by atoms with Crippen LogP contribution in [0, 0.1) is 37.5 Å². The van der Waals surface area contributed by atoms with Gasteiger partial charge in [-0.25, -0.2) is 4.79 Å². The number of rotatable bonds is 6. The normalized spacial score (nSPS) is 25.1. The summed E-state index contributed by atoms with van der Waals surface area (Å²) in [5.74, 6) is -1.22. The van der Waals surface area contributed by atoms with Gasteiger partial charge in [0.2, 0.25) is 11.8 Å². The molecule has 3 aromatic rings. The SMILES string of the molecule is Cc1ccc(NC(=O)COC(=O)c2ccc(N3C(=O)[C@@H]4[C@@H]5C[C@@H]([C@@H]4C3=O)[C@@H](c3ccccc3)C5)cc2)c(C)c1. The molecule has 2 bridgehead atoms. The molecular formula is C32H30N2O5. The first-order valence-electron chi connectivity index (χ1n) is 13.4. The van der Waals surface area contributed by atoms with Crippen LogP contribution in [0.4, 0.5) is 11.4 Å². The quantitative estimate of drug-likeness (QED) is 0.362. The standard InChI is InChI=1S/C32H30N2O5/c1-18-8-13-26(19(2)14-18)33-27(35)17-39-32(38)21-9-11-23(12-10-21)34-30(36)28-22-15-24(20-6-4-3-5-7-20)25(16-22)29(28)31(34)37/h3-14,22,24-25,28-29H,15-17H2,1-2H3,(H,33,35)/t22-,24+,25+,28+,29-/m0/s1. The number of benzene rings is 3. The summed E-state index contributed by atoms with van der Waals surface area (Å²) in [6, 6.07) is 22.2. The van der Waals surface area contributed by atoms with Crippen molar-refractivity contribution in [3.63, 3.8) is 0 Å². The molecular weight excluding hydrogens is 492 g/mol. The van der Waals surface area contributed by atoms with E-state index in [1.807, 2.05) is 50.2 Å². The first-order chi connectivity index (χ1) is 18.8. The highest BCUT2D eigenvalue weighted by Gasteiger charge is 2.64. The first kappa shape index (κ1) is 25.0. The second kappa shape index (κ2) is 9.80. The first-order valence-corrected chi connectivity index (χ1v) is 13.4. The highest BCUT2D eigenvalue weighted by Crippen LogP contribution is 2.61. The molecule has 0 spiro atoms. The van der Waals surface area contributed by atoms with E-state index in [1.165, 1.54) is 22.6 Å². The van der Waals surface area contributed by atoms with E-state index in [1.54, 1.807) is 12.1 Å². The molecule has 2 saturated carbocycles. The fourth-order valence-electron chi connectivity index (χ4n) is 6.90. The molecule has 39 heavy (non-hydrogen) atoms. The second-order valence-corrected chi connectivity index (χ2v) is 11.0. The van der Waals surface area contributed by atoms with E-state index >= 15 is 0 Å². The van der Waals surface area contributed by atoms with E-state index < -0.39 is 18.5 Å². The van der Waals surface area contributed by atoms with Crippen molar-refractivity contribution in [3.05, 3.63) is 95.1 Å². The summed E-state index contributed by atoms with van der Waals surface area (Å²) in [5.41, 5.74) is 4.61. The summed E-state index contributed by atoms with van der Waals surface area (Å²) in [6.45, 7) is 3.44. The van der Waals surface area contributed by atoms with Crippen LogP contribution in [0.5, 0.6) is 0 Å². The van der Waals surface area contributed by atoms with Crippen molar-refractivity contribution in [2.45, 2.75) is 32.6 Å². The lowest BCUT2D eigenvalue weighted by Gasteiger charge is -2.28. The third-order valence-electron chi connectivity index (χ3n) is 8.59. The summed E-state index contributed by atoms with van der Waals surface area (Å²) >= 11 is 0. The zero-order valence-electron chi connectivity index (χ0n) is 21.9. The van der Waals surface area contributed by atoms with Crippen molar-refractivity contribution in [2.24, 2.45) is 23.7 Å². The van der Waals surface area contributed by atoms with Gasteiger partial charge in [0.25, 0.3) is 5.91 Å². The summed E-state index contributed by atoms with van der Waals surface area (Å²) in [7, 11) is 0. The van der Waals surface area contributed by atoms with E-state index in [4.69, 9.17) is 4.74 Å². The summed E-state index contributed by atoms with van der Waals surface area (Å²) < 4.78 is 5.19. The monoisotopic (exact) mass is 522 g/mol. The fourth-order valence-corrected chi connectivity index (χ4v) is 6.90. The molecule has 3 aromatic carbocycles. The molecule has 6 rings (SSSR count). The van der Waals surface area contributed by atoms with Gasteiger partial charge < -0.3 is 10.1 Å². The third kappa shape index (κ3) is 4.42. The molecule has 1 saturated heterocycles. The zero-order valence-corrected chi connectivity index (χ0v) is 21.9. The van der Waals surface area contributed by atoms with Crippen LogP contribution in [0.25, 0.3) is 0 Å². The maximum atomic E-state index is 13.5. The van der Waals surface area contributed by atoms with E-state index in [9.17, 15) is 19.2 Å². The van der Waals surface area contributed by atoms with Crippen LogP contribution in [-0.4, -0.2) is 30.3 Å². The Kier molecular flexibility index (Phi) is 6.29. The highest BCUT2D eigenvalue weighted by atomic mass is 16.5. The van der Waals surface area contributed by atoms with Gasteiger partial charge in [-0.05, 0) is 85.9 Å². The number of ether oxygens (including phenoxy) is 1. The van der Waals surface area contributed by atoms with Gasteiger partial charge in [0.1, 0.15) is 0 Å². The van der Waals surface area contributed by atoms with Crippen molar-refractivity contribution in [1.82, 2.24) is 0 Å². The Morgan fingerprint density at radius 1 is 0.897 bits per heavy atom. The molecule has 0 aromatic heterocycles. The van der Waals surface area contributed by atoms with Gasteiger partial charge in [0.15, 0.2) is 6.61 Å². The summed E-state index contributed by atoms with van der Waals surface area (Å²) in [4.78, 5) is 53.0. The topological polar surface area (TPSA) is 92.8 Å². The Labute approximate surface area is 227 Å². The average molecular weight is 523 g/mol. The Bertz CT molecular complexity index is 1470. The van der Waals surface area contributed by atoms with Crippen molar-refractivity contribution in [2.75, 3.05) is 16.8 Å². The van der Waals surface area contributed by atoms with Crippen LogP contribution < -0.4 is 10.2 Å². The van der Waals surface area contributed by atoms with Crippen LogP contribution in [0.2, 0.25) is 0 Å². The number of esters is 1. The molecule has 3 fully saturated rings. The molecule has 7 nitrogen and oxygen atoms in total. The number of aryl methyl sites for hydroxylation is 2. The van der Waals surface area contributed by atoms with Crippen molar-refractivity contribution in [3.8, 4) is 0 Å². The molecule has 3 amide bonds. The predicted molar refractivity (Wildman–Crippen MR) is 146 cm³/mol. The molecule has 3 aliphatic rings. The molecule has 7 heteroatoms. The molecule has 198 valence electrons. The number of fused-ring (bicyclic) bond motifs is 5. The number of carbonyl (C=O) groups excluding carboxylic acids is 4. The molecule has 0 radical (unpaired) electrons. The van der Waals surface area contributed by atoms with Gasteiger partial charge >= 0.3 is 5.97 Å². The van der Waals surface area contributed by atoms with Gasteiger partial charge in [-0.3, -0.25) is 19.3 Å². The second-order valence-electron chi connectivity index (χ2n) is 11.0. The zero-order chi connectivity index (χ0) is 27.3. The summed E-state index contributed by atoms with van der Waals surface area (Å²) in [6.07, 6.45) is 1.85. The van der Waals surface area contributed by atoms with Crippen LogP contribution in [0.15, 0.2) is 72.8 Å². The van der Waals surface area contributed by atoms with Gasteiger partial charge in [0, 0.05) is 5.69 Å². The summed E-state index contributed by atoms with van der Waals surface area (Å²) in [5, 5.41) is 2.75. The third-order valence-corrected chi connectivity index (χ3v) is 8.59. The number of carbonyl (C=O) groups is 4. The largest absolute Gasteiger partial charge is 0.452 e. The van der Waals surface area contributed by atoms with Crippen molar-refractivity contribution < 1.29 is 23.9 Å². The number of nitrogens with one attached hydrogen (secondary N) is 1. The van der Waals surface area contributed by atoms with Crippen LogP contribution >= 0.6 is 0 Å². The minimum absolute atomic E-state index is 0.137. The van der Waals surface area contributed by atoms with Gasteiger partial charge in [-0.1, -0.05) is 48.0 Å². The molecule has 1 heterocycles.